The van der Waals surface area contributed by atoms with Crippen LogP contribution in [0.3, 0.4) is 0 Å². The van der Waals surface area contributed by atoms with Gasteiger partial charge in [-0.15, -0.1) is 0 Å². The van der Waals surface area contributed by atoms with E-state index in [1.54, 1.807) is 13.8 Å². The number of barbiturate groups is 1. The Balaban J connectivity index is 3.11. The zero-order valence-corrected chi connectivity index (χ0v) is 11.2. The molecule has 1 aliphatic heterocycles. The van der Waals surface area contributed by atoms with Crippen LogP contribution in [0, 0.1) is 5.41 Å². The first-order valence-electron chi connectivity index (χ1n) is 6.30. The molecule has 6 heteroatoms. The van der Waals surface area contributed by atoms with Gasteiger partial charge in [-0.25, -0.2) is 4.79 Å². The third kappa shape index (κ3) is 2.01. The number of amides is 4. The quantitative estimate of drug-likeness (QED) is 0.728. The summed E-state index contributed by atoms with van der Waals surface area (Å²) in [6, 6.07) is -0.545. The van der Waals surface area contributed by atoms with Crippen LogP contribution in [0.25, 0.3) is 0 Å². The average molecular weight is 255 g/mol. The molecule has 18 heavy (non-hydrogen) atoms. The predicted octanol–water partition coefficient (Wildman–Crippen LogP) is 0.562. The monoisotopic (exact) mass is 255 g/mol. The molecule has 0 radical (unpaired) electrons. The van der Waals surface area contributed by atoms with E-state index in [4.69, 9.17) is 5.73 Å². The van der Waals surface area contributed by atoms with Crippen molar-refractivity contribution < 1.29 is 14.4 Å². The maximum Gasteiger partial charge on any atom is 0.333 e. The number of rotatable bonds is 5. The fourth-order valence-electron chi connectivity index (χ4n) is 2.33. The molecule has 0 bridgehead atoms. The van der Waals surface area contributed by atoms with Crippen LogP contribution in [0.4, 0.5) is 4.79 Å². The van der Waals surface area contributed by atoms with Crippen molar-refractivity contribution in [3.8, 4) is 0 Å². The zero-order chi connectivity index (χ0) is 13.9. The molecule has 0 aliphatic carbocycles. The first-order valence-corrected chi connectivity index (χ1v) is 6.30. The highest BCUT2D eigenvalue weighted by atomic mass is 16.2. The van der Waals surface area contributed by atoms with Gasteiger partial charge in [0.2, 0.25) is 11.8 Å². The van der Waals surface area contributed by atoms with Gasteiger partial charge in [0.1, 0.15) is 5.41 Å². The van der Waals surface area contributed by atoms with E-state index in [9.17, 15) is 14.4 Å². The minimum Gasteiger partial charge on any atom is -0.330 e. The summed E-state index contributed by atoms with van der Waals surface area (Å²) in [5.41, 5.74) is 4.32. The van der Waals surface area contributed by atoms with Crippen molar-refractivity contribution >= 4 is 17.8 Å². The Kier molecular flexibility index (Phi) is 4.45. The van der Waals surface area contributed by atoms with Crippen LogP contribution in [0.1, 0.15) is 33.1 Å². The second-order valence-electron chi connectivity index (χ2n) is 4.53. The molecule has 4 amide bonds. The van der Waals surface area contributed by atoms with E-state index in [1.807, 2.05) is 0 Å². The summed E-state index contributed by atoms with van der Waals surface area (Å²) in [5.74, 6) is -0.777. The van der Waals surface area contributed by atoms with Gasteiger partial charge in [0, 0.05) is 13.6 Å². The molecular formula is C12H21N3O3. The van der Waals surface area contributed by atoms with Gasteiger partial charge in [-0.3, -0.25) is 19.4 Å². The molecule has 1 aliphatic rings. The lowest BCUT2D eigenvalue weighted by atomic mass is 9.78. The highest BCUT2D eigenvalue weighted by Gasteiger charge is 2.53. The topological polar surface area (TPSA) is 83.7 Å². The van der Waals surface area contributed by atoms with E-state index in [0.717, 1.165) is 9.80 Å². The third-order valence-corrected chi connectivity index (χ3v) is 3.68. The molecule has 0 atom stereocenters. The molecule has 0 aromatic carbocycles. The molecule has 0 aromatic heterocycles. The molecule has 6 nitrogen and oxygen atoms in total. The van der Waals surface area contributed by atoms with E-state index in [0.29, 0.717) is 25.8 Å². The Bertz CT molecular complexity index is 364. The molecule has 2 N–H and O–H groups in total. The number of urea groups is 1. The van der Waals surface area contributed by atoms with Gasteiger partial charge < -0.3 is 5.73 Å². The summed E-state index contributed by atoms with van der Waals surface area (Å²) in [7, 11) is 1.42. The summed E-state index contributed by atoms with van der Waals surface area (Å²) < 4.78 is 0. The summed E-state index contributed by atoms with van der Waals surface area (Å²) in [6.45, 7) is 4.27. The number of nitrogens with zero attached hydrogens (tertiary/aromatic N) is 2. The second kappa shape index (κ2) is 5.48. The van der Waals surface area contributed by atoms with E-state index in [2.05, 4.69) is 0 Å². The fourth-order valence-corrected chi connectivity index (χ4v) is 2.33. The second-order valence-corrected chi connectivity index (χ2v) is 4.53. The molecule has 102 valence electrons. The first-order chi connectivity index (χ1) is 8.46. The van der Waals surface area contributed by atoms with Crippen LogP contribution in [0.2, 0.25) is 0 Å². The van der Waals surface area contributed by atoms with Gasteiger partial charge in [-0.05, 0) is 25.8 Å². The Hall–Kier alpha value is -1.43. The number of nitrogens with two attached hydrogens (primary N) is 1. The van der Waals surface area contributed by atoms with E-state index in [-0.39, 0.29) is 12.5 Å². The highest BCUT2D eigenvalue weighted by molar-refractivity contribution is 6.18. The van der Waals surface area contributed by atoms with Crippen LogP contribution in [-0.2, 0) is 9.59 Å². The van der Waals surface area contributed by atoms with Crippen molar-refractivity contribution in [2.75, 3.05) is 20.1 Å². The van der Waals surface area contributed by atoms with Crippen LogP contribution in [0.15, 0.2) is 0 Å². The number of imide groups is 2. The summed E-state index contributed by atoms with van der Waals surface area (Å²) in [5, 5.41) is 0. The lowest BCUT2D eigenvalue weighted by molar-refractivity contribution is -0.158. The third-order valence-electron chi connectivity index (χ3n) is 3.68. The molecule has 0 aromatic rings. The number of hydrogen-bond acceptors (Lipinski definition) is 4. The average Bonchev–Trinajstić information content (AvgIpc) is 2.38. The van der Waals surface area contributed by atoms with Crippen LogP contribution in [0.5, 0.6) is 0 Å². The number of hydrogen-bond donors (Lipinski definition) is 1. The molecule has 1 rings (SSSR count). The smallest absolute Gasteiger partial charge is 0.330 e. The van der Waals surface area contributed by atoms with E-state index in [1.165, 1.54) is 7.05 Å². The maximum atomic E-state index is 12.4. The van der Waals surface area contributed by atoms with Crippen molar-refractivity contribution in [2.24, 2.45) is 11.1 Å². The summed E-state index contributed by atoms with van der Waals surface area (Å²) >= 11 is 0. The number of carbonyl (C=O) groups is 3. The van der Waals surface area contributed by atoms with Gasteiger partial charge in [0.15, 0.2) is 0 Å². The van der Waals surface area contributed by atoms with E-state index < -0.39 is 17.4 Å². The Morgan fingerprint density at radius 3 is 2.11 bits per heavy atom. The molecule has 1 saturated heterocycles. The molecule has 1 heterocycles. The van der Waals surface area contributed by atoms with Gasteiger partial charge in [-0.2, -0.15) is 0 Å². The van der Waals surface area contributed by atoms with Crippen molar-refractivity contribution in [1.29, 1.82) is 0 Å². The minimum atomic E-state index is -1.09. The van der Waals surface area contributed by atoms with Gasteiger partial charge >= 0.3 is 6.03 Å². The standard InChI is InChI=1S/C12H21N3O3/c1-4-12(5-2)9(16)14(3)11(18)15(10(12)17)8-6-7-13/h4-8,13H2,1-3H3. The molecule has 0 unspecified atom stereocenters. The molecule has 0 spiro atoms. The Morgan fingerprint density at radius 1 is 1.11 bits per heavy atom. The summed E-state index contributed by atoms with van der Waals surface area (Å²) in [4.78, 5) is 38.7. The molecule has 1 fully saturated rings. The van der Waals surface area contributed by atoms with Gasteiger partial charge in [0.05, 0.1) is 0 Å². The predicted molar refractivity (Wildman–Crippen MR) is 66.6 cm³/mol. The SMILES string of the molecule is CCC1(CC)C(=O)N(C)C(=O)N(CCCN)C1=O. The van der Waals surface area contributed by atoms with Gasteiger partial charge in [-0.1, -0.05) is 13.8 Å². The van der Waals surface area contributed by atoms with Crippen molar-refractivity contribution in [1.82, 2.24) is 9.80 Å². The first kappa shape index (κ1) is 14.6. The maximum absolute atomic E-state index is 12.4. The highest BCUT2D eigenvalue weighted by Crippen LogP contribution is 2.35. The minimum absolute atomic E-state index is 0.271. The number of carbonyl (C=O) groups excluding carboxylic acids is 3. The van der Waals surface area contributed by atoms with Crippen LogP contribution >= 0.6 is 0 Å². The van der Waals surface area contributed by atoms with Crippen LogP contribution < -0.4 is 5.73 Å². The van der Waals surface area contributed by atoms with E-state index >= 15 is 0 Å². The van der Waals surface area contributed by atoms with Gasteiger partial charge in [0.25, 0.3) is 0 Å². The Labute approximate surface area is 107 Å². The molecular weight excluding hydrogens is 234 g/mol. The largest absolute Gasteiger partial charge is 0.333 e. The fraction of sp³-hybridized carbons (Fsp3) is 0.750. The summed E-state index contributed by atoms with van der Waals surface area (Å²) in [6.07, 6.45) is 1.35. The Morgan fingerprint density at radius 2 is 1.67 bits per heavy atom. The normalized spacial score (nSPS) is 19.7. The zero-order valence-electron chi connectivity index (χ0n) is 11.2. The lowest BCUT2D eigenvalue weighted by Gasteiger charge is -2.42. The van der Waals surface area contributed by atoms with Crippen molar-refractivity contribution in [2.45, 2.75) is 33.1 Å². The van der Waals surface area contributed by atoms with Crippen LogP contribution in [-0.4, -0.2) is 47.8 Å². The molecule has 0 saturated carbocycles. The van der Waals surface area contributed by atoms with Crippen molar-refractivity contribution in [3.05, 3.63) is 0 Å². The van der Waals surface area contributed by atoms with Crippen molar-refractivity contribution in [3.63, 3.8) is 0 Å². The lowest BCUT2D eigenvalue weighted by Crippen LogP contribution is -2.64.